The highest BCUT2D eigenvalue weighted by Crippen LogP contribution is 2.41. The van der Waals surface area contributed by atoms with Crippen LogP contribution >= 0.6 is 0 Å². The summed E-state index contributed by atoms with van der Waals surface area (Å²) in [5.74, 6) is 0.0607. The van der Waals surface area contributed by atoms with Gasteiger partial charge in [-0.3, -0.25) is 9.79 Å². The quantitative estimate of drug-likeness (QED) is 0.424. The summed E-state index contributed by atoms with van der Waals surface area (Å²) >= 11 is 0. The number of nitrogens with zero attached hydrogens (tertiary/aromatic N) is 3. The van der Waals surface area contributed by atoms with Crippen LogP contribution < -0.4 is 15.7 Å². The lowest BCUT2D eigenvalue weighted by molar-refractivity contribution is -0.141. The van der Waals surface area contributed by atoms with Crippen LogP contribution in [-0.2, 0) is 31.6 Å². The molecule has 0 unspecified atom stereocenters. The van der Waals surface area contributed by atoms with Gasteiger partial charge in [0.2, 0.25) is 0 Å². The molecular formula is C33H40BF3N4O4. The minimum atomic E-state index is -4.53. The van der Waals surface area contributed by atoms with Gasteiger partial charge in [-0.05, 0) is 89.9 Å². The summed E-state index contributed by atoms with van der Waals surface area (Å²) in [6.45, 7) is 9.79. The first kappa shape index (κ1) is 30.7. The summed E-state index contributed by atoms with van der Waals surface area (Å²) in [6, 6.07) is 8.65. The first-order valence-corrected chi connectivity index (χ1v) is 16.1. The Kier molecular flexibility index (Phi) is 7.37. The number of nitrogens with one attached hydrogen (secondary N) is 1. The van der Waals surface area contributed by atoms with Crippen molar-refractivity contribution in [3.63, 3.8) is 0 Å². The Labute approximate surface area is 262 Å². The Balaban J connectivity index is 1.14. The van der Waals surface area contributed by atoms with Gasteiger partial charge < -0.3 is 24.3 Å². The number of rotatable bonds is 7. The number of alkyl halides is 3. The number of hydrogen-bond donors (Lipinski definition) is 1. The van der Waals surface area contributed by atoms with E-state index >= 15 is 0 Å². The Hall–Kier alpha value is -2.96. The molecule has 7 rings (SSSR count). The van der Waals surface area contributed by atoms with Gasteiger partial charge in [0.25, 0.3) is 5.91 Å². The van der Waals surface area contributed by atoms with Crippen LogP contribution in [0, 0.1) is 0 Å². The van der Waals surface area contributed by atoms with Crippen molar-refractivity contribution in [1.29, 1.82) is 0 Å². The summed E-state index contributed by atoms with van der Waals surface area (Å²) in [6.07, 6.45) is 1.39. The predicted molar refractivity (Wildman–Crippen MR) is 165 cm³/mol. The van der Waals surface area contributed by atoms with E-state index in [1.54, 1.807) is 0 Å². The largest absolute Gasteiger partial charge is 0.494 e. The SMILES string of the molecule is CC1(C)OB(c2ccc(COC3CC3)c(N3CCC4(CC3)N=C(c3ccc(C(F)(F)F)nc3C3CCC3)NC4=O)c2)OC1(C)C. The van der Waals surface area contributed by atoms with E-state index in [-0.39, 0.29) is 11.8 Å². The maximum absolute atomic E-state index is 13.5. The molecule has 1 N–H and O–H groups in total. The molecule has 1 amide bonds. The van der Waals surface area contributed by atoms with Gasteiger partial charge in [0, 0.05) is 35.8 Å². The van der Waals surface area contributed by atoms with Gasteiger partial charge >= 0.3 is 13.3 Å². The van der Waals surface area contributed by atoms with E-state index in [1.165, 1.54) is 6.07 Å². The topological polar surface area (TPSA) is 85.3 Å². The molecule has 0 atom stereocenters. The Morgan fingerprint density at radius 3 is 2.31 bits per heavy atom. The number of pyridine rings is 1. The monoisotopic (exact) mass is 624 g/mol. The number of amidine groups is 1. The number of hydrogen-bond acceptors (Lipinski definition) is 7. The number of benzene rings is 1. The van der Waals surface area contributed by atoms with Crippen LogP contribution in [0.3, 0.4) is 0 Å². The van der Waals surface area contributed by atoms with Gasteiger partial charge in [-0.2, -0.15) is 13.2 Å². The highest BCUT2D eigenvalue weighted by atomic mass is 19.4. The molecule has 45 heavy (non-hydrogen) atoms. The third-order valence-corrected chi connectivity index (χ3v) is 10.5. The molecule has 8 nitrogen and oxygen atoms in total. The van der Waals surface area contributed by atoms with Gasteiger partial charge in [-0.15, -0.1) is 0 Å². The zero-order valence-electron chi connectivity index (χ0n) is 26.3. The van der Waals surface area contributed by atoms with Crippen molar-refractivity contribution in [2.24, 2.45) is 4.99 Å². The molecule has 2 saturated heterocycles. The maximum Gasteiger partial charge on any atom is 0.494 e. The number of carbonyl (C=O) groups is 1. The van der Waals surface area contributed by atoms with Crippen LogP contribution in [0.5, 0.6) is 0 Å². The summed E-state index contributed by atoms with van der Waals surface area (Å²) in [7, 11) is -0.502. The van der Waals surface area contributed by atoms with Crippen molar-refractivity contribution < 1.29 is 32.0 Å². The molecule has 2 saturated carbocycles. The Morgan fingerprint density at radius 2 is 1.71 bits per heavy atom. The summed E-state index contributed by atoms with van der Waals surface area (Å²) in [5.41, 5.74) is 1.09. The Morgan fingerprint density at radius 1 is 1.02 bits per heavy atom. The van der Waals surface area contributed by atoms with E-state index in [0.717, 1.165) is 54.9 Å². The van der Waals surface area contributed by atoms with Gasteiger partial charge in [0.05, 0.1) is 29.6 Å². The molecule has 1 spiro atoms. The van der Waals surface area contributed by atoms with Crippen molar-refractivity contribution in [3.8, 4) is 0 Å². The number of ether oxygens (including phenoxy) is 1. The van der Waals surface area contributed by atoms with Gasteiger partial charge in [0.1, 0.15) is 17.1 Å². The number of carbonyl (C=O) groups excluding carboxylic acids is 1. The molecule has 2 aliphatic carbocycles. The third kappa shape index (κ3) is 5.67. The molecule has 4 heterocycles. The smallest absolute Gasteiger partial charge is 0.399 e. The van der Waals surface area contributed by atoms with E-state index in [0.29, 0.717) is 55.7 Å². The van der Waals surface area contributed by atoms with Gasteiger partial charge in [-0.25, -0.2) is 4.98 Å². The highest BCUT2D eigenvalue weighted by molar-refractivity contribution is 6.62. The van der Waals surface area contributed by atoms with E-state index in [4.69, 9.17) is 19.0 Å². The van der Waals surface area contributed by atoms with Crippen LogP contribution in [0.15, 0.2) is 35.3 Å². The number of piperidine rings is 1. The predicted octanol–water partition coefficient (Wildman–Crippen LogP) is 5.26. The molecule has 0 radical (unpaired) electrons. The van der Waals surface area contributed by atoms with Crippen molar-refractivity contribution >= 4 is 30.0 Å². The van der Waals surface area contributed by atoms with Gasteiger partial charge in [0.15, 0.2) is 0 Å². The third-order valence-electron chi connectivity index (χ3n) is 10.5. The lowest BCUT2D eigenvalue weighted by Crippen LogP contribution is -2.49. The van der Waals surface area contributed by atoms with Crippen LogP contribution in [-0.4, -0.2) is 59.8 Å². The van der Waals surface area contributed by atoms with Crippen LogP contribution in [0.25, 0.3) is 0 Å². The number of anilines is 1. The van der Waals surface area contributed by atoms with E-state index in [2.05, 4.69) is 27.3 Å². The average Bonchev–Trinajstić information content (AvgIpc) is 3.69. The Bertz CT molecular complexity index is 1510. The first-order valence-electron chi connectivity index (χ1n) is 16.1. The second-order valence-electron chi connectivity index (χ2n) is 14.2. The average molecular weight is 625 g/mol. The summed E-state index contributed by atoms with van der Waals surface area (Å²) < 4.78 is 59.3. The minimum Gasteiger partial charge on any atom is -0.399 e. The van der Waals surface area contributed by atoms with Crippen LogP contribution in [0.1, 0.15) is 101 Å². The summed E-state index contributed by atoms with van der Waals surface area (Å²) in [4.78, 5) is 24.7. The molecular weight excluding hydrogens is 584 g/mol. The molecule has 12 heteroatoms. The number of halogens is 3. The van der Waals surface area contributed by atoms with Crippen LogP contribution in [0.4, 0.5) is 18.9 Å². The molecule has 3 aliphatic heterocycles. The normalized spacial score (nSPS) is 24.2. The van der Waals surface area contributed by atoms with Crippen molar-refractivity contribution in [1.82, 2.24) is 10.3 Å². The fourth-order valence-corrected chi connectivity index (χ4v) is 6.49. The number of amides is 1. The summed E-state index contributed by atoms with van der Waals surface area (Å²) in [5, 5.41) is 2.92. The maximum atomic E-state index is 13.5. The molecule has 240 valence electrons. The fourth-order valence-electron chi connectivity index (χ4n) is 6.49. The molecule has 1 aromatic carbocycles. The molecule has 5 aliphatic rings. The van der Waals surface area contributed by atoms with Crippen molar-refractivity contribution in [3.05, 3.63) is 52.8 Å². The lowest BCUT2D eigenvalue weighted by Gasteiger charge is -2.38. The molecule has 4 fully saturated rings. The highest BCUT2D eigenvalue weighted by Gasteiger charge is 2.52. The van der Waals surface area contributed by atoms with Crippen molar-refractivity contribution in [2.75, 3.05) is 18.0 Å². The molecule has 0 bridgehead atoms. The second kappa shape index (κ2) is 10.8. The zero-order valence-corrected chi connectivity index (χ0v) is 26.3. The number of aromatic nitrogens is 1. The number of aliphatic imine (C=N–C) groups is 1. The van der Waals surface area contributed by atoms with Crippen LogP contribution in [0.2, 0.25) is 0 Å². The standard InChI is InChI=1S/C33H40BF3N4O4/c1-30(2)31(3,4)45-34(44-30)22-9-8-21(19-43-23-10-11-23)25(18-22)41-16-14-32(15-17-41)29(42)39-28(40-32)24-12-13-26(33(35,36)37)38-27(24)20-6-5-7-20/h8-9,12-13,18,20,23H,5-7,10-11,14-17,19H2,1-4H3,(H,39,40,42). The molecule has 2 aromatic rings. The van der Waals surface area contributed by atoms with E-state index in [1.807, 2.05) is 33.8 Å². The van der Waals surface area contributed by atoms with Crippen molar-refractivity contribution in [2.45, 2.75) is 114 Å². The van der Waals surface area contributed by atoms with Gasteiger partial charge in [-0.1, -0.05) is 18.6 Å². The first-order chi connectivity index (χ1) is 21.2. The molecule has 1 aromatic heterocycles. The second-order valence-corrected chi connectivity index (χ2v) is 14.2. The minimum absolute atomic E-state index is 0.0622. The van der Waals surface area contributed by atoms with E-state index in [9.17, 15) is 18.0 Å². The fraction of sp³-hybridized carbons (Fsp3) is 0.606. The lowest BCUT2D eigenvalue weighted by atomic mass is 9.78. The van der Waals surface area contributed by atoms with E-state index < -0.39 is 35.7 Å². The zero-order chi connectivity index (χ0) is 31.8.